The first-order valence-electron chi connectivity index (χ1n) is 11.8. The van der Waals surface area contributed by atoms with E-state index < -0.39 is 0 Å². The first-order chi connectivity index (χ1) is 13.5. The van der Waals surface area contributed by atoms with Crippen LogP contribution >= 0.6 is 0 Å². The van der Waals surface area contributed by atoms with Crippen LogP contribution in [0.1, 0.15) is 78.1 Å². The van der Waals surface area contributed by atoms with E-state index in [4.69, 9.17) is 0 Å². The van der Waals surface area contributed by atoms with Gasteiger partial charge in [0.05, 0.1) is 0 Å². The van der Waals surface area contributed by atoms with E-state index >= 15 is 0 Å². The number of hydrogen-bond donors (Lipinski definition) is 0. The van der Waals surface area contributed by atoms with E-state index in [0.29, 0.717) is 36.9 Å². The predicted octanol–water partition coefficient (Wildman–Crippen LogP) is 5.81. The van der Waals surface area contributed by atoms with Crippen molar-refractivity contribution in [3.8, 4) is 0 Å². The number of rotatable bonds is 2. The van der Waals surface area contributed by atoms with Gasteiger partial charge in [-0.1, -0.05) is 0 Å². The standard InChI is InChI=1S/C26H36OSe/c1-25-15-8-4-5-9-18(25)12-13-20-21(25)14-16-26(2)22(20)17-23(24(26)27)28-19-10-6-3-7-11-19/h3,6-7,10-11,18,20-23H,4-5,8-9,12-17H2,1-2H3/t18-,20+,21?,22-,23?,25-,26-/m0/s1. The van der Waals surface area contributed by atoms with E-state index in [1.807, 2.05) is 0 Å². The molecule has 28 heavy (non-hydrogen) atoms. The van der Waals surface area contributed by atoms with Gasteiger partial charge in [-0.3, -0.25) is 0 Å². The van der Waals surface area contributed by atoms with Gasteiger partial charge in [0.15, 0.2) is 0 Å². The van der Waals surface area contributed by atoms with Gasteiger partial charge in [-0.25, -0.2) is 0 Å². The quantitative estimate of drug-likeness (QED) is 0.528. The van der Waals surface area contributed by atoms with Gasteiger partial charge in [-0.05, 0) is 0 Å². The molecule has 0 N–H and O–H groups in total. The fraction of sp³-hybridized carbons (Fsp3) is 0.731. The first-order valence-corrected chi connectivity index (χ1v) is 13.6. The molecule has 0 amide bonds. The van der Waals surface area contributed by atoms with E-state index in [-0.39, 0.29) is 5.41 Å². The molecule has 4 fully saturated rings. The second-order valence-electron chi connectivity index (χ2n) is 10.7. The number of Topliss-reactive ketones (excluding diaryl/α,β-unsaturated/α-hetero) is 1. The molecule has 0 bridgehead atoms. The van der Waals surface area contributed by atoms with Crippen LogP contribution in [0.3, 0.4) is 0 Å². The van der Waals surface area contributed by atoms with Crippen molar-refractivity contribution in [3.05, 3.63) is 30.3 Å². The summed E-state index contributed by atoms with van der Waals surface area (Å²) < 4.78 is 1.41. The van der Waals surface area contributed by atoms with E-state index in [9.17, 15) is 4.79 Å². The van der Waals surface area contributed by atoms with Gasteiger partial charge in [0.1, 0.15) is 0 Å². The Bertz CT molecular complexity index is 729. The van der Waals surface area contributed by atoms with Gasteiger partial charge >= 0.3 is 178 Å². The summed E-state index contributed by atoms with van der Waals surface area (Å²) in [7, 11) is 0. The zero-order chi connectivity index (χ0) is 19.4. The Morgan fingerprint density at radius 1 is 0.893 bits per heavy atom. The Hall–Kier alpha value is -0.591. The van der Waals surface area contributed by atoms with Crippen LogP contribution in [-0.4, -0.2) is 20.7 Å². The minimum atomic E-state index is -0.0176. The van der Waals surface area contributed by atoms with Crippen molar-refractivity contribution in [2.75, 3.05) is 0 Å². The average Bonchev–Trinajstić information content (AvgIpc) is 2.83. The van der Waals surface area contributed by atoms with Crippen LogP contribution in [0, 0.1) is 34.5 Å². The number of carbonyl (C=O) groups excluding carboxylic acids is 1. The van der Waals surface area contributed by atoms with Gasteiger partial charge in [0, 0.05) is 0 Å². The van der Waals surface area contributed by atoms with E-state index in [2.05, 4.69) is 44.2 Å². The predicted molar refractivity (Wildman–Crippen MR) is 117 cm³/mol. The normalized spacial score (nSPS) is 45.6. The van der Waals surface area contributed by atoms with Crippen LogP contribution in [0.5, 0.6) is 0 Å². The van der Waals surface area contributed by atoms with E-state index in [1.165, 1.54) is 68.7 Å². The summed E-state index contributed by atoms with van der Waals surface area (Å²) >= 11 is 0.303. The van der Waals surface area contributed by atoms with Crippen LogP contribution in [0.2, 0.25) is 4.82 Å². The summed E-state index contributed by atoms with van der Waals surface area (Å²) in [5.41, 5.74) is 0.544. The van der Waals surface area contributed by atoms with Gasteiger partial charge in [-0.15, -0.1) is 0 Å². The molecule has 0 radical (unpaired) electrons. The molecule has 2 heteroatoms. The number of fused-ring (bicyclic) bond motifs is 5. The number of ketones is 1. The summed E-state index contributed by atoms with van der Waals surface area (Å²) in [5.74, 6) is 3.96. The number of carbonyl (C=O) groups is 1. The third-order valence-corrected chi connectivity index (χ3v) is 12.2. The number of benzene rings is 1. The molecule has 0 aromatic heterocycles. The average molecular weight is 444 g/mol. The number of hydrogen-bond acceptors (Lipinski definition) is 1. The summed E-state index contributed by atoms with van der Waals surface area (Å²) in [6, 6.07) is 10.8. The zero-order valence-corrected chi connectivity index (χ0v) is 19.4. The van der Waals surface area contributed by atoms with Crippen LogP contribution in [0.4, 0.5) is 0 Å². The third-order valence-electron chi connectivity index (χ3n) is 9.57. The van der Waals surface area contributed by atoms with Crippen molar-refractivity contribution in [3.63, 3.8) is 0 Å². The zero-order valence-electron chi connectivity index (χ0n) is 17.7. The molecule has 0 saturated heterocycles. The Labute approximate surface area is 177 Å². The molecule has 1 aromatic carbocycles. The molecule has 0 aliphatic heterocycles. The molecule has 5 rings (SSSR count). The van der Waals surface area contributed by atoms with Gasteiger partial charge < -0.3 is 0 Å². The Balaban J connectivity index is 1.40. The summed E-state index contributed by atoms with van der Waals surface area (Å²) in [4.78, 5) is 13.9. The van der Waals surface area contributed by atoms with Gasteiger partial charge in [0.25, 0.3) is 0 Å². The van der Waals surface area contributed by atoms with Crippen molar-refractivity contribution >= 4 is 25.2 Å². The molecular formula is C26H36OSe. The second kappa shape index (κ2) is 7.28. The fourth-order valence-electron chi connectivity index (χ4n) is 8.00. The monoisotopic (exact) mass is 444 g/mol. The molecule has 4 saturated carbocycles. The topological polar surface area (TPSA) is 17.1 Å². The maximum atomic E-state index is 13.6. The fourth-order valence-corrected chi connectivity index (χ4v) is 10.8. The van der Waals surface area contributed by atoms with Crippen molar-refractivity contribution in [2.24, 2.45) is 34.5 Å². The Morgan fingerprint density at radius 2 is 1.71 bits per heavy atom. The molecule has 1 nitrogen and oxygen atoms in total. The van der Waals surface area contributed by atoms with E-state index in [1.54, 1.807) is 0 Å². The summed E-state index contributed by atoms with van der Waals surface area (Å²) in [6.45, 7) is 5.02. The van der Waals surface area contributed by atoms with Gasteiger partial charge in [-0.2, -0.15) is 0 Å². The molecule has 2 unspecified atom stereocenters. The minimum absolute atomic E-state index is 0.0176. The van der Waals surface area contributed by atoms with Crippen LogP contribution in [0.25, 0.3) is 0 Å². The van der Waals surface area contributed by atoms with Crippen LogP contribution in [-0.2, 0) is 4.79 Å². The summed E-state index contributed by atoms with van der Waals surface area (Å²) in [5, 5.41) is 0. The Kier molecular flexibility index (Phi) is 5.04. The first kappa shape index (κ1) is 19.4. The van der Waals surface area contributed by atoms with Crippen LogP contribution in [0.15, 0.2) is 30.3 Å². The van der Waals surface area contributed by atoms with Crippen molar-refractivity contribution < 1.29 is 4.79 Å². The molecule has 7 atom stereocenters. The molecule has 152 valence electrons. The molecule has 0 spiro atoms. The molecule has 0 heterocycles. The maximum absolute atomic E-state index is 13.6. The second-order valence-corrected chi connectivity index (χ2v) is 13.4. The molecule has 4 aliphatic carbocycles. The van der Waals surface area contributed by atoms with Crippen LogP contribution < -0.4 is 4.46 Å². The van der Waals surface area contributed by atoms with Crippen molar-refractivity contribution in [1.29, 1.82) is 0 Å². The van der Waals surface area contributed by atoms with Crippen molar-refractivity contribution in [2.45, 2.75) is 82.9 Å². The molecule has 4 aliphatic rings. The van der Waals surface area contributed by atoms with Gasteiger partial charge in [0.2, 0.25) is 0 Å². The Morgan fingerprint density at radius 3 is 2.54 bits per heavy atom. The molecular weight excluding hydrogens is 407 g/mol. The molecule has 1 aromatic rings. The SMILES string of the molecule is C[C@]12CCC3[C@@H](CC[C@@H]4CCCCC[C@]34C)[C@@H]1CC([Se]c1ccccc1)C2=O. The van der Waals surface area contributed by atoms with E-state index in [0.717, 1.165) is 17.8 Å². The summed E-state index contributed by atoms with van der Waals surface area (Å²) in [6.07, 6.45) is 13.8. The van der Waals surface area contributed by atoms with Crippen molar-refractivity contribution in [1.82, 2.24) is 0 Å². The third kappa shape index (κ3) is 2.97.